The Morgan fingerprint density at radius 3 is 2.53 bits per heavy atom. The summed E-state index contributed by atoms with van der Waals surface area (Å²) < 4.78 is 5.50. The molecule has 0 aliphatic heterocycles. The van der Waals surface area contributed by atoms with Gasteiger partial charge < -0.3 is 4.74 Å². The summed E-state index contributed by atoms with van der Waals surface area (Å²) in [5, 5.41) is 1.18. The van der Waals surface area contributed by atoms with Gasteiger partial charge in [-0.25, -0.2) is 0 Å². The van der Waals surface area contributed by atoms with Gasteiger partial charge in [0.2, 0.25) is 0 Å². The van der Waals surface area contributed by atoms with Gasteiger partial charge in [-0.15, -0.1) is 0 Å². The number of rotatable bonds is 4. The summed E-state index contributed by atoms with van der Waals surface area (Å²) in [6, 6.07) is 12.1. The average Bonchev–Trinajstić information content (AvgIpc) is 2.37. The zero-order chi connectivity index (χ0) is 13.8. The van der Waals surface area contributed by atoms with Crippen LogP contribution in [0.2, 0.25) is 10.0 Å². The summed E-state index contributed by atoms with van der Waals surface area (Å²) >= 11 is 11.7. The van der Waals surface area contributed by atoms with Crippen LogP contribution in [0.4, 0.5) is 0 Å². The monoisotopic (exact) mass is 294 g/mol. The molecular formula is C15H12Cl2O2. The first-order valence-corrected chi connectivity index (χ1v) is 6.49. The summed E-state index contributed by atoms with van der Waals surface area (Å²) in [6.07, 6.45) is 0. The molecule has 0 fully saturated rings. The van der Waals surface area contributed by atoms with Crippen molar-refractivity contribution in [2.24, 2.45) is 0 Å². The predicted octanol–water partition coefficient (Wildman–Crippen LogP) is 4.56. The van der Waals surface area contributed by atoms with Gasteiger partial charge in [-0.3, -0.25) is 4.79 Å². The molecule has 0 N–H and O–H groups in total. The van der Waals surface area contributed by atoms with E-state index in [0.717, 1.165) is 5.56 Å². The van der Waals surface area contributed by atoms with E-state index < -0.39 is 0 Å². The first-order chi connectivity index (χ1) is 9.06. The van der Waals surface area contributed by atoms with Crippen molar-refractivity contribution in [2.75, 3.05) is 6.61 Å². The number of ketones is 1. The molecule has 0 radical (unpaired) electrons. The maximum absolute atomic E-state index is 11.9. The topological polar surface area (TPSA) is 26.3 Å². The maximum Gasteiger partial charge on any atom is 0.200 e. The van der Waals surface area contributed by atoms with Crippen molar-refractivity contribution in [3.8, 4) is 5.75 Å². The SMILES string of the molecule is Cc1cc(Cl)ccc1OCC(=O)c1cccc(Cl)c1. The Morgan fingerprint density at radius 1 is 1.11 bits per heavy atom. The third-order valence-corrected chi connectivity index (χ3v) is 3.11. The minimum atomic E-state index is -0.114. The van der Waals surface area contributed by atoms with E-state index in [1.165, 1.54) is 0 Å². The smallest absolute Gasteiger partial charge is 0.200 e. The fourth-order valence-electron chi connectivity index (χ4n) is 1.66. The van der Waals surface area contributed by atoms with Crippen LogP contribution in [0.25, 0.3) is 0 Å². The zero-order valence-electron chi connectivity index (χ0n) is 10.3. The molecule has 0 aromatic heterocycles. The molecule has 2 aromatic carbocycles. The molecule has 0 unspecified atom stereocenters. The second-order valence-corrected chi connectivity index (χ2v) is 5.00. The van der Waals surface area contributed by atoms with E-state index in [9.17, 15) is 4.79 Å². The summed E-state index contributed by atoms with van der Waals surface area (Å²) in [4.78, 5) is 11.9. The molecule has 2 nitrogen and oxygen atoms in total. The highest BCUT2D eigenvalue weighted by molar-refractivity contribution is 6.31. The van der Waals surface area contributed by atoms with Gasteiger partial charge in [0.1, 0.15) is 5.75 Å². The summed E-state index contributed by atoms with van der Waals surface area (Å²) in [5.74, 6) is 0.539. The van der Waals surface area contributed by atoms with E-state index in [1.807, 2.05) is 6.92 Å². The Morgan fingerprint density at radius 2 is 1.84 bits per heavy atom. The Hall–Kier alpha value is -1.51. The number of benzene rings is 2. The fraction of sp³-hybridized carbons (Fsp3) is 0.133. The fourth-order valence-corrected chi connectivity index (χ4v) is 2.08. The van der Waals surface area contributed by atoms with E-state index >= 15 is 0 Å². The Kier molecular flexibility index (Phi) is 4.46. The lowest BCUT2D eigenvalue weighted by atomic mass is 10.1. The lowest BCUT2D eigenvalue weighted by molar-refractivity contribution is 0.0921. The van der Waals surface area contributed by atoms with Crippen molar-refractivity contribution in [1.82, 2.24) is 0 Å². The average molecular weight is 295 g/mol. The van der Waals surface area contributed by atoms with Gasteiger partial charge >= 0.3 is 0 Å². The Labute approximate surface area is 121 Å². The van der Waals surface area contributed by atoms with Crippen LogP contribution in [0.3, 0.4) is 0 Å². The second-order valence-electron chi connectivity index (χ2n) is 4.13. The highest BCUT2D eigenvalue weighted by Crippen LogP contribution is 2.22. The van der Waals surface area contributed by atoms with E-state index in [1.54, 1.807) is 42.5 Å². The molecule has 0 atom stereocenters. The largest absolute Gasteiger partial charge is 0.485 e. The van der Waals surface area contributed by atoms with Crippen LogP contribution < -0.4 is 4.74 Å². The number of carbonyl (C=O) groups is 1. The zero-order valence-corrected chi connectivity index (χ0v) is 11.8. The molecule has 98 valence electrons. The van der Waals surface area contributed by atoms with Crippen molar-refractivity contribution >= 4 is 29.0 Å². The number of carbonyl (C=O) groups excluding carboxylic acids is 1. The normalized spacial score (nSPS) is 10.3. The van der Waals surface area contributed by atoms with E-state index in [4.69, 9.17) is 27.9 Å². The third kappa shape index (κ3) is 3.72. The molecule has 0 saturated heterocycles. The number of ether oxygens (including phenoxy) is 1. The van der Waals surface area contributed by atoms with Gasteiger partial charge in [0.05, 0.1) is 0 Å². The molecular weight excluding hydrogens is 283 g/mol. The minimum absolute atomic E-state index is 0.0250. The highest BCUT2D eigenvalue weighted by Gasteiger charge is 2.08. The van der Waals surface area contributed by atoms with Crippen LogP contribution in [-0.2, 0) is 0 Å². The van der Waals surface area contributed by atoms with Crippen molar-refractivity contribution in [3.05, 3.63) is 63.6 Å². The van der Waals surface area contributed by atoms with Gasteiger partial charge in [-0.1, -0.05) is 35.3 Å². The number of aryl methyl sites for hydroxylation is 1. The number of hydrogen-bond donors (Lipinski definition) is 0. The predicted molar refractivity (Wildman–Crippen MR) is 77.5 cm³/mol. The van der Waals surface area contributed by atoms with E-state index in [2.05, 4.69) is 0 Å². The first-order valence-electron chi connectivity index (χ1n) is 5.74. The molecule has 0 amide bonds. The van der Waals surface area contributed by atoms with Gasteiger partial charge in [-0.2, -0.15) is 0 Å². The molecule has 19 heavy (non-hydrogen) atoms. The minimum Gasteiger partial charge on any atom is -0.485 e. The van der Waals surface area contributed by atoms with Crippen LogP contribution in [-0.4, -0.2) is 12.4 Å². The molecule has 0 heterocycles. The molecule has 0 aliphatic carbocycles. The number of halogens is 2. The first kappa shape index (κ1) is 13.9. The summed E-state index contributed by atoms with van der Waals surface area (Å²) in [7, 11) is 0. The molecule has 4 heteroatoms. The molecule has 0 saturated carbocycles. The molecule has 0 aliphatic rings. The Balaban J connectivity index is 2.04. The second kappa shape index (κ2) is 6.09. The van der Waals surface area contributed by atoms with Gasteiger partial charge in [0.25, 0.3) is 0 Å². The van der Waals surface area contributed by atoms with Gasteiger partial charge in [-0.05, 0) is 42.8 Å². The van der Waals surface area contributed by atoms with Crippen molar-refractivity contribution in [3.63, 3.8) is 0 Å². The quantitative estimate of drug-likeness (QED) is 0.773. The number of Topliss-reactive ketones (excluding diaryl/α,β-unsaturated/α-hetero) is 1. The van der Waals surface area contributed by atoms with Crippen molar-refractivity contribution in [1.29, 1.82) is 0 Å². The van der Waals surface area contributed by atoms with Crippen molar-refractivity contribution in [2.45, 2.75) is 6.92 Å². The molecule has 2 aromatic rings. The van der Waals surface area contributed by atoms with Crippen LogP contribution >= 0.6 is 23.2 Å². The lowest BCUT2D eigenvalue weighted by Crippen LogP contribution is -2.12. The number of hydrogen-bond acceptors (Lipinski definition) is 2. The van der Waals surface area contributed by atoms with Crippen LogP contribution in [0.1, 0.15) is 15.9 Å². The Bertz CT molecular complexity index is 609. The highest BCUT2D eigenvalue weighted by atomic mass is 35.5. The summed E-state index contributed by atoms with van der Waals surface area (Å²) in [5.41, 5.74) is 1.44. The summed E-state index contributed by atoms with van der Waals surface area (Å²) in [6.45, 7) is 1.86. The van der Waals surface area contributed by atoms with E-state index in [0.29, 0.717) is 21.4 Å². The standard InChI is InChI=1S/C15H12Cl2O2/c1-10-7-13(17)5-6-15(10)19-9-14(18)11-3-2-4-12(16)8-11/h2-8H,9H2,1H3. The molecule has 2 rings (SSSR count). The lowest BCUT2D eigenvalue weighted by Gasteiger charge is -2.08. The van der Waals surface area contributed by atoms with Crippen LogP contribution in [0.5, 0.6) is 5.75 Å². The maximum atomic E-state index is 11.9. The van der Waals surface area contributed by atoms with Gasteiger partial charge in [0.15, 0.2) is 12.4 Å². The van der Waals surface area contributed by atoms with Crippen LogP contribution in [0, 0.1) is 6.92 Å². The van der Waals surface area contributed by atoms with E-state index in [-0.39, 0.29) is 12.4 Å². The van der Waals surface area contributed by atoms with Gasteiger partial charge in [0, 0.05) is 15.6 Å². The van der Waals surface area contributed by atoms with Crippen molar-refractivity contribution < 1.29 is 9.53 Å². The third-order valence-electron chi connectivity index (χ3n) is 2.64. The van der Waals surface area contributed by atoms with Crippen LogP contribution in [0.15, 0.2) is 42.5 Å². The molecule has 0 bridgehead atoms. The molecule has 0 spiro atoms.